The molecule has 0 saturated carbocycles. The number of aryl methyl sites for hydroxylation is 8. The number of hydrogen-bond donors (Lipinski definition) is 4. The number of carbonyl (C=O) groups is 2. The molecule has 0 unspecified atom stereocenters. The van der Waals surface area contributed by atoms with Crippen LogP contribution < -0.4 is 20.4 Å². The Labute approximate surface area is 366 Å². The van der Waals surface area contributed by atoms with Crippen molar-refractivity contribution in [1.82, 2.24) is 39.9 Å². The maximum Gasteiger partial charge on any atom is 2.00 e. The second kappa shape index (κ2) is 25.3. The number of nitrogens with one attached hydrogen (secondary N) is 4. The normalized spacial score (nSPS) is 10.1. The number of benzene rings is 2. The number of aromatic nitrogens is 8. The zero-order valence-electron chi connectivity index (χ0n) is 34.9. The Kier molecular flexibility index (Phi) is 23.1. The average molecular weight is 910 g/mol. The van der Waals surface area contributed by atoms with Crippen molar-refractivity contribution in [2.75, 3.05) is 0 Å². The summed E-state index contributed by atoms with van der Waals surface area (Å²) in [7, 11) is 0. The number of imidazole rings is 4. The van der Waals surface area contributed by atoms with Gasteiger partial charge in [-0.25, -0.2) is 19.9 Å². The van der Waals surface area contributed by atoms with E-state index in [0.29, 0.717) is 11.1 Å². The SMILES string of the molecule is CC(=O)[O-].CC(=O)[O-].CCc1nc(C(c2ccccc2[O-])c2nc(CC)[nH]c2C)c(C)[nH]1.CCc1nc(C(c2ccccc2[O-])c2nc(CC)[nH]c2C)c(C)[nH]1.O.[Cu+2].[Cu+2]. The first-order valence-corrected chi connectivity index (χ1v) is 18.6. The van der Waals surface area contributed by atoms with Crippen molar-refractivity contribution in [3.63, 3.8) is 0 Å². The minimum atomic E-state index is -1.08. The van der Waals surface area contributed by atoms with Crippen LogP contribution in [-0.2, 0) is 69.4 Å². The largest absolute Gasteiger partial charge is 2.00 e. The van der Waals surface area contributed by atoms with Crippen LogP contribution in [0.15, 0.2) is 48.5 Å². The topological polar surface area (TPSA) is 273 Å². The van der Waals surface area contributed by atoms with Gasteiger partial charge in [-0.3, -0.25) is 0 Å². The number of aliphatic carboxylic acids is 2. The van der Waals surface area contributed by atoms with E-state index in [1.54, 1.807) is 24.3 Å². The van der Waals surface area contributed by atoms with Crippen LogP contribution in [0.25, 0.3) is 0 Å². The van der Waals surface area contributed by atoms with Crippen LogP contribution in [0, 0.1) is 27.7 Å². The van der Waals surface area contributed by atoms with Gasteiger partial charge in [0.2, 0.25) is 0 Å². The number of H-pyrrole nitrogens is 4. The molecule has 0 spiro atoms. The summed E-state index contributed by atoms with van der Waals surface area (Å²) in [6.07, 6.45) is 3.30. The number of carboxylic acid groups (broad SMARTS) is 2. The van der Waals surface area contributed by atoms with Crippen molar-refractivity contribution in [1.29, 1.82) is 0 Å². The monoisotopic (exact) mass is 908 g/mol. The molecule has 6 aromatic rings. The molecule has 0 saturated heterocycles. The Morgan fingerprint density at radius 1 is 0.508 bits per heavy atom. The van der Waals surface area contributed by atoms with Crippen molar-refractivity contribution in [3.05, 3.63) is 129 Å². The van der Waals surface area contributed by atoms with E-state index in [1.165, 1.54) is 0 Å². The van der Waals surface area contributed by atoms with Gasteiger partial charge < -0.3 is 55.4 Å². The molecule has 326 valence electrons. The van der Waals surface area contributed by atoms with Crippen molar-refractivity contribution in [2.24, 2.45) is 0 Å². The summed E-state index contributed by atoms with van der Waals surface area (Å²) in [5, 5.41) is 42.8. The predicted octanol–water partition coefficient (Wildman–Crippen LogP) is 2.94. The van der Waals surface area contributed by atoms with E-state index in [4.69, 9.17) is 39.7 Å². The Morgan fingerprint density at radius 3 is 0.881 bits per heavy atom. The van der Waals surface area contributed by atoms with E-state index in [2.05, 4.69) is 47.6 Å². The van der Waals surface area contributed by atoms with Crippen molar-refractivity contribution in [3.8, 4) is 11.5 Å². The van der Waals surface area contributed by atoms with E-state index in [0.717, 1.165) is 108 Å². The second-order valence-corrected chi connectivity index (χ2v) is 13.1. The van der Waals surface area contributed by atoms with Crippen LogP contribution in [0.1, 0.15) is 133 Å². The minimum Gasteiger partial charge on any atom is -0.872 e. The molecule has 0 fully saturated rings. The van der Waals surface area contributed by atoms with Gasteiger partial charge in [0.05, 0.1) is 34.6 Å². The molecule has 59 heavy (non-hydrogen) atoms. The zero-order valence-corrected chi connectivity index (χ0v) is 36.8. The van der Waals surface area contributed by atoms with Gasteiger partial charge in [-0.05, 0) is 52.7 Å². The summed E-state index contributed by atoms with van der Waals surface area (Å²) >= 11 is 0. The van der Waals surface area contributed by atoms with Gasteiger partial charge in [-0.2, -0.15) is 0 Å². The number of rotatable bonds is 10. The molecule has 2 radical (unpaired) electrons. The van der Waals surface area contributed by atoms with Crippen molar-refractivity contribution >= 4 is 11.9 Å². The number of nitrogens with zero attached hydrogens (tertiary/aromatic N) is 4. The number of para-hydroxylation sites is 2. The third-order valence-electron chi connectivity index (χ3n) is 8.78. The summed E-state index contributed by atoms with van der Waals surface area (Å²) in [5.74, 6) is 1.07. The van der Waals surface area contributed by atoms with Crippen LogP contribution in [0.5, 0.6) is 11.5 Å². The summed E-state index contributed by atoms with van der Waals surface area (Å²) in [6, 6.07) is 14.3. The van der Waals surface area contributed by atoms with Crippen molar-refractivity contribution < 1.29 is 69.6 Å². The van der Waals surface area contributed by atoms with Gasteiger partial charge in [0.15, 0.2) is 0 Å². The fraction of sp³-hybridized carbons (Fsp3) is 0.381. The molecule has 0 bridgehead atoms. The number of hydrogen-bond acceptors (Lipinski definition) is 10. The first kappa shape index (κ1) is 53.8. The molecule has 17 heteroatoms. The molecule has 0 aliphatic heterocycles. The third-order valence-corrected chi connectivity index (χ3v) is 8.78. The van der Waals surface area contributed by atoms with Crippen molar-refractivity contribution in [2.45, 2.75) is 107 Å². The number of carboxylic acids is 2. The molecule has 0 aliphatic carbocycles. The Balaban J connectivity index is 0.000000925. The first-order chi connectivity index (χ1) is 26.6. The predicted molar refractivity (Wildman–Crippen MR) is 209 cm³/mol. The quantitative estimate of drug-likeness (QED) is 0.146. The molecule has 4 heterocycles. The number of aromatic amines is 4. The molecular formula is C42H54Cu2N8O7. The van der Waals surface area contributed by atoms with E-state index >= 15 is 0 Å². The maximum absolute atomic E-state index is 12.5. The molecule has 4 aromatic heterocycles. The fourth-order valence-electron chi connectivity index (χ4n) is 6.23. The van der Waals surface area contributed by atoms with Crippen LogP contribution in [0.4, 0.5) is 0 Å². The summed E-state index contributed by atoms with van der Waals surface area (Å²) in [6.45, 7) is 18.2. The van der Waals surface area contributed by atoms with Gasteiger partial charge in [-0.1, -0.05) is 76.2 Å². The third kappa shape index (κ3) is 14.6. The van der Waals surface area contributed by atoms with Gasteiger partial charge in [0, 0.05) is 60.4 Å². The average Bonchev–Trinajstić information content (AvgIpc) is 3.92. The van der Waals surface area contributed by atoms with Gasteiger partial charge >= 0.3 is 34.1 Å². The second-order valence-electron chi connectivity index (χ2n) is 13.1. The van der Waals surface area contributed by atoms with Gasteiger partial charge in [-0.15, -0.1) is 11.5 Å². The molecule has 15 nitrogen and oxygen atoms in total. The fourth-order valence-corrected chi connectivity index (χ4v) is 6.23. The molecule has 0 amide bonds. The van der Waals surface area contributed by atoms with Gasteiger partial charge in [0.25, 0.3) is 0 Å². The smallest absolute Gasteiger partial charge is 0.872 e. The van der Waals surface area contributed by atoms with E-state index in [-0.39, 0.29) is 62.9 Å². The van der Waals surface area contributed by atoms with Crippen LogP contribution in [0.3, 0.4) is 0 Å². The standard InChI is InChI=1S/2C19H24N4O.2C2H4O2.2Cu.H2O/c2*1-5-15-20-11(3)18(22-15)17(13-9-7-8-10-14(13)24)19-12(4)21-16(6-2)23-19;2*1-2(3)4;;;/h2*7-10,17,24H,5-6H2,1-4H3,(H,20,22)(H,21,23);2*1H3,(H,3,4);;;1H2/q;;;;2*+2;/p-4. The Hall–Kier alpha value is -5.18. The summed E-state index contributed by atoms with van der Waals surface area (Å²) in [5.41, 5.74) is 8.90. The van der Waals surface area contributed by atoms with E-state index < -0.39 is 11.9 Å². The first-order valence-electron chi connectivity index (χ1n) is 18.6. The summed E-state index contributed by atoms with van der Waals surface area (Å²) in [4.78, 5) is 50.1. The minimum absolute atomic E-state index is 0. The number of carbonyl (C=O) groups excluding carboxylic acids is 2. The van der Waals surface area contributed by atoms with E-state index in [1.807, 2.05) is 52.0 Å². The molecule has 6 N–H and O–H groups in total. The van der Waals surface area contributed by atoms with Gasteiger partial charge in [0.1, 0.15) is 23.3 Å². The molecule has 2 aromatic carbocycles. The Morgan fingerprint density at radius 2 is 0.712 bits per heavy atom. The van der Waals surface area contributed by atoms with E-state index in [9.17, 15) is 10.2 Å². The summed E-state index contributed by atoms with van der Waals surface area (Å²) < 4.78 is 0. The zero-order chi connectivity index (χ0) is 41.7. The van der Waals surface area contributed by atoms with Crippen LogP contribution >= 0.6 is 0 Å². The molecule has 6 rings (SSSR count). The Bertz CT molecular complexity index is 1950. The molecular weight excluding hydrogens is 856 g/mol. The van der Waals surface area contributed by atoms with Crippen LogP contribution in [-0.4, -0.2) is 57.3 Å². The van der Waals surface area contributed by atoms with Crippen LogP contribution in [0.2, 0.25) is 0 Å². The molecule has 0 atom stereocenters. The molecule has 0 aliphatic rings. The maximum atomic E-state index is 12.5.